The predicted octanol–water partition coefficient (Wildman–Crippen LogP) is -1.07. The van der Waals surface area contributed by atoms with Crippen molar-refractivity contribution >= 4 is 27.6 Å². The first-order valence-electron chi connectivity index (χ1n) is 6.51. The molecule has 1 aliphatic rings. The average Bonchev–Trinajstić information content (AvgIpc) is 2.47. The molecule has 0 spiro atoms. The maximum Gasteiger partial charge on any atom is 0.243 e. The van der Waals surface area contributed by atoms with Crippen molar-refractivity contribution in [2.75, 3.05) is 26.3 Å². The molecule has 0 bridgehead atoms. The summed E-state index contributed by atoms with van der Waals surface area (Å²) in [7, 11) is -3.59. The molecule has 1 saturated heterocycles. The summed E-state index contributed by atoms with van der Waals surface area (Å²) < 4.78 is 31.6. The van der Waals surface area contributed by atoms with Crippen LogP contribution >= 0.6 is 0 Å². The fourth-order valence-electron chi connectivity index (χ4n) is 1.94. The second-order valence-corrected chi connectivity index (χ2v) is 6.46. The first kappa shape index (κ1) is 16.2. The molecule has 10 heteroatoms. The van der Waals surface area contributed by atoms with Gasteiger partial charge in [-0.3, -0.25) is 0 Å². The zero-order chi connectivity index (χ0) is 16.2. The number of hydrogen-bond acceptors (Lipinski definition) is 4. The van der Waals surface area contributed by atoms with Crippen LogP contribution in [0, 0.1) is 0 Å². The number of sulfonamides is 1. The van der Waals surface area contributed by atoms with Gasteiger partial charge in [0, 0.05) is 13.1 Å². The van der Waals surface area contributed by atoms with E-state index < -0.39 is 10.0 Å². The maximum atomic E-state index is 12.5. The van der Waals surface area contributed by atoms with Crippen LogP contribution in [0.15, 0.2) is 39.1 Å². The fourth-order valence-corrected chi connectivity index (χ4v) is 3.39. The minimum atomic E-state index is -3.59. The Bertz CT molecular complexity index is 691. The first-order valence-corrected chi connectivity index (χ1v) is 7.95. The van der Waals surface area contributed by atoms with Gasteiger partial charge in [0.2, 0.25) is 16.0 Å². The molecule has 0 saturated carbocycles. The van der Waals surface area contributed by atoms with Gasteiger partial charge in [-0.2, -0.15) is 9.30 Å². The Balaban J connectivity index is 2.30. The van der Waals surface area contributed by atoms with Crippen molar-refractivity contribution in [2.24, 2.45) is 27.2 Å². The van der Waals surface area contributed by atoms with E-state index in [4.69, 9.17) is 21.9 Å². The Morgan fingerprint density at radius 1 is 1.18 bits per heavy atom. The molecule has 22 heavy (non-hydrogen) atoms. The van der Waals surface area contributed by atoms with E-state index in [0.717, 1.165) is 0 Å². The van der Waals surface area contributed by atoms with E-state index in [9.17, 15) is 8.42 Å². The molecule has 0 amide bonds. The lowest BCUT2D eigenvalue weighted by molar-refractivity contribution is 0.0730. The van der Waals surface area contributed by atoms with Crippen molar-refractivity contribution in [3.05, 3.63) is 24.3 Å². The number of guanidine groups is 2. The highest BCUT2D eigenvalue weighted by Gasteiger charge is 2.26. The average molecular weight is 326 g/mol. The molecule has 1 heterocycles. The van der Waals surface area contributed by atoms with Gasteiger partial charge in [-0.15, -0.1) is 0 Å². The van der Waals surface area contributed by atoms with Gasteiger partial charge in [0.1, 0.15) is 0 Å². The molecule has 6 N–H and O–H groups in total. The number of nitrogens with zero attached hydrogens (tertiary/aromatic N) is 3. The van der Waals surface area contributed by atoms with Crippen LogP contribution in [-0.2, 0) is 14.8 Å². The second-order valence-electron chi connectivity index (χ2n) is 4.52. The van der Waals surface area contributed by atoms with Gasteiger partial charge in [-0.05, 0) is 18.2 Å². The highest BCUT2D eigenvalue weighted by Crippen LogP contribution is 2.22. The lowest BCUT2D eigenvalue weighted by Gasteiger charge is -2.26. The molecule has 1 aliphatic heterocycles. The second kappa shape index (κ2) is 6.73. The number of rotatable bonds is 3. The van der Waals surface area contributed by atoms with E-state index in [0.29, 0.717) is 32.0 Å². The Kier molecular flexibility index (Phi) is 4.96. The summed E-state index contributed by atoms with van der Waals surface area (Å²) in [5, 5.41) is 0. The van der Waals surface area contributed by atoms with Crippen molar-refractivity contribution in [1.82, 2.24) is 4.31 Å². The lowest BCUT2D eigenvalue weighted by Crippen LogP contribution is -2.40. The monoisotopic (exact) mass is 326 g/mol. The standard InChI is InChI=1S/C12H18N6O3S/c13-11(14)17-12(15)16-9-2-1-3-10(8-9)22(19,20)18-4-6-21-7-5-18/h1-3,8H,4-7H2,(H6,13,14,15,16,17). The predicted molar refractivity (Wildman–Crippen MR) is 83.1 cm³/mol. The van der Waals surface area contributed by atoms with E-state index in [1.807, 2.05) is 0 Å². The Morgan fingerprint density at radius 2 is 1.86 bits per heavy atom. The van der Waals surface area contributed by atoms with E-state index in [-0.39, 0.29) is 16.8 Å². The molecule has 1 aromatic rings. The largest absolute Gasteiger partial charge is 0.379 e. The van der Waals surface area contributed by atoms with E-state index in [1.54, 1.807) is 12.1 Å². The normalized spacial score (nSPS) is 17.2. The van der Waals surface area contributed by atoms with Crippen molar-refractivity contribution in [3.8, 4) is 0 Å². The van der Waals surface area contributed by atoms with Crippen LogP contribution in [0.5, 0.6) is 0 Å². The number of nitrogens with two attached hydrogens (primary N) is 3. The number of aliphatic imine (C=N–C) groups is 2. The van der Waals surface area contributed by atoms with E-state index in [2.05, 4.69) is 9.98 Å². The van der Waals surface area contributed by atoms with E-state index >= 15 is 0 Å². The lowest BCUT2D eigenvalue weighted by atomic mass is 10.3. The summed E-state index contributed by atoms with van der Waals surface area (Å²) in [5.74, 6) is -0.376. The van der Waals surface area contributed by atoms with Crippen LogP contribution in [0.2, 0.25) is 0 Å². The minimum Gasteiger partial charge on any atom is -0.379 e. The van der Waals surface area contributed by atoms with Crippen LogP contribution in [0.3, 0.4) is 0 Å². The third-order valence-corrected chi connectivity index (χ3v) is 4.81. The van der Waals surface area contributed by atoms with Gasteiger partial charge in [-0.1, -0.05) is 6.07 Å². The molecule has 0 atom stereocenters. The summed E-state index contributed by atoms with van der Waals surface area (Å²) in [6.45, 7) is 1.42. The van der Waals surface area contributed by atoms with Gasteiger partial charge in [0.05, 0.1) is 23.8 Å². The molecule has 9 nitrogen and oxygen atoms in total. The molecular weight excluding hydrogens is 308 g/mol. The van der Waals surface area contributed by atoms with E-state index in [1.165, 1.54) is 16.4 Å². The number of morpholine rings is 1. The first-order chi connectivity index (χ1) is 10.4. The van der Waals surface area contributed by atoms with Gasteiger partial charge in [-0.25, -0.2) is 13.4 Å². The molecule has 0 aromatic heterocycles. The highest BCUT2D eigenvalue weighted by molar-refractivity contribution is 7.89. The summed E-state index contributed by atoms with van der Waals surface area (Å²) >= 11 is 0. The Labute approximate surface area is 128 Å². The Morgan fingerprint density at radius 3 is 2.50 bits per heavy atom. The van der Waals surface area contributed by atoms with Gasteiger partial charge >= 0.3 is 0 Å². The van der Waals surface area contributed by atoms with Gasteiger partial charge < -0.3 is 21.9 Å². The zero-order valence-corrected chi connectivity index (χ0v) is 12.7. The number of ether oxygens (including phenoxy) is 1. The quantitative estimate of drug-likeness (QED) is 0.475. The maximum absolute atomic E-state index is 12.5. The van der Waals surface area contributed by atoms with Crippen LogP contribution in [-0.4, -0.2) is 50.9 Å². The summed E-state index contributed by atoms with van der Waals surface area (Å²) in [5.41, 5.74) is 16.3. The molecule has 0 unspecified atom stereocenters. The van der Waals surface area contributed by atoms with Crippen molar-refractivity contribution < 1.29 is 13.2 Å². The molecular formula is C12H18N6O3S. The van der Waals surface area contributed by atoms with Crippen molar-refractivity contribution in [2.45, 2.75) is 4.90 Å². The smallest absolute Gasteiger partial charge is 0.243 e. The third-order valence-electron chi connectivity index (χ3n) is 2.91. The molecule has 1 aromatic carbocycles. The molecule has 120 valence electrons. The Hall–Kier alpha value is -2.17. The summed E-state index contributed by atoms with van der Waals surface area (Å²) in [6, 6.07) is 6.10. The SMILES string of the molecule is NC(N)=NC(N)=Nc1cccc(S(=O)(=O)N2CCOCC2)c1. The van der Waals surface area contributed by atoms with Crippen LogP contribution < -0.4 is 17.2 Å². The van der Waals surface area contributed by atoms with Crippen LogP contribution in [0.25, 0.3) is 0 Å². The van der Waals surface area contributed by atoms with Crippen molar-refractivity contribution in [1.29, 1.82) is 0 Å². The molecule has 0 radical (unpaired) electrons. The molecule has 0 aliphatic carbocycles. The fraction of sp³-hybridized carbons (Fsp3) is 0.333. The number of benzene rings is 1. The topological polar surface area (TPSA) is 149 Å². The third kappa shape index (κ3) is 3.93. The zero-order valence-electron chi connectivity index (χ0n) is 11.8. The van der Waals surface area contributed by atoms with Crippen LogP contribution in [0.4, 0.5) is 5.69 Å². The summed E-state index contributed by atoms with van der Waals surface area (Å²) in [4.78, 5) is 7.67. The molecule has 2 rings (SSSR count). The van der Waals surface area contributed by atoms with Crippen molar-refractivity contribution in [3.63, 3.8) is 0 Å². The highest BCUT2D eigenvalue weighted by atomic mass is 32.2. The van der Waals surface area contributed by atoms with Gasteiger partial charge in [0.15, 0.2) is 5.96 Å². The van der Waals surface area contributed by atoms with Gasteiger partial charge in [0.25, 0.3) is 0 Å². The number of hydrogen-bond donors (Lipinski definition) is 3. The molecule has 1 fully saturated rings. The minimum absolute atomic E-state index is 0.133. The van der Waals surface area contributed by atoms with Crippen LogP contribution in [0.1, 0.15) is 0 Å². The summed E-state index contributed by atoms with van der Waals surface area (Å²) in [6.07, 6.45) is 0.